The number of thiol groups is 1. The summed E-state index contributed by atoms with van der Waals surface area (Å²) in [5.74, 6) is 0.759. The Morgan fingerprint density at radius 2 is 1.48 bits per heavy atom. The van der Waals surface area contributed by atoms with Gasteiger partial charge in [0.15, 0.2) is 0 Å². The first-order valence-corrected chi connectivity index (χ1v) is 9.28. The van der Waals surface area contributed by atoms with E-state index in [1.54, 1.807) is 0 Å². The predicted molar refractivity (Wildman–Crippen MR) is 106 cm³/mol. The number of hydrogen-bond donors (Lipinski definition) is 2. The first-order chi connectivity index (χ1) is 11.3. The van der Waals surface area contributed by atoms with Gasteiger partial charge in [0.2, 0.25) is 0 Å². The molecule has 1 fully saturated rings. The summed E-state index contributed by atoms with van der Waals surface area (Å²) in [6.45, 7) is 8.48. The average molecular weight is 330 g/mol. The second kappa shape index (κ2) is 12.2. The average Bonchev–Trinajstić information content (AvgIpc) is 2.66. The van der Waals surface area contributed by atoms with Crippen molar-refractivity contribution in [3.63, 3.8) is 0 Å². The smallest absolute Gasteiger partial charge is 0.00401 e. The summed E-state index contributed by atoms with van der Waals surface area (Å²) in [5, 5.41) is 3.38. The van der Waals surface area contributed by atoms with Crippen LogP contribution in [0.4, 0.5) is 0 Å². The molecule has 0 spiro atoms. The number of nitrogens with one attached hydrogen (secondary N) is 1. The van der Waals surface area contributed by atoms with Crippen LogP contribution in [0.2, 0.25) is 0 Å². The van der Waals surface area contributed by atoms with Crippen LogP contribution >= 0.6 is 12.6 Å². The normalized spacial score (nSPS) is 14.1. The molecule has 2 aromatic carbocycles. The monoisotopic (exact) mass is 329 g/mol. The Hall–Kier alpha value is -1.25. The zero-order chi connectivity index (χ0) is 16.9. The van der Waals surface area contributed by atoms with Gasteiger partial charge in [0.25, 0.3) is 0 Å². The predicted octanol–water partition coefficient (Wildman–Crippen LogP) is 5.72. The van der Waals surface area contributed by atoms with E-state index in [-0.39, 0.29) is 0 Å². The Morgan fingerprint density at radius 3 is 1.96 bits per heavy atom. The van der Waals surface area contributed by atoms with E-state index in [9.17, 15) is 0 Å². The SMILES string of the molecule is CC.CCc1ccccc1.Sc1ccc(C2CCNCC2)cc1. The van der Waals surface area contributed by atoms with Gasteiger partial charge in [0, 0.05) is 4.90 Å². The lowest BCUT2D eigenvalue weighted by atomic mass is 9.90. The van der Waals surface area contributed by atoms with E-state index >= 15 is 0 Å². The summed E-state index contributed by atoms with van der Waals surface area (Å²) >= 11 is 4.28. The molecule has 1 aliphatic rings. The van der Waals surface area contributed by atoms with Crippen LogP contribution < -0.4 is 5.32 Å². The van der Waals surface area contributed by atoms with E-state index in [0.29, 0.717) is 0 Å². The first-order valence-electron chi connectivity index (χ1n) is 8.83. The van der Waals surface area contributed by atoms with Gasteiger partial charge in [-0.3, -0.25) is 0 Å². The summed E-state index contributed by atoms with van der Waals surface area (Å²) in [6, 6.07) is 19.0. The molecule has 126 valence electrons. The van der Waals surface area contributed by atoms with Crippen LogP contribution in [-0.2, 0) is 6.42 Å². The molecule has 0 atom stereocenters. The van der Waals surface area contributed by atoms with Crippen molar-refractivity contribution in [3.8, 4) is 0 Å². The Labute approximate surface area is 147 Å². The number of piperidine rings is 1. The fraction of sp³-hybridized carbons (Fsp3) is 0.429. The molecule has 0 aromatic heterocycles. The minimum atomic E-state index is 0.759. The molecule has 1 saturated heterocycles. The van der Waals surface area contributed by atoms with E-state index in [4.69, 9.17) is 0 Å². The van der Waals surface area contributed by atoms with Gasteiger partial charge >= 0.3 is 0 Å². The van der Waals surface area contributed by atoms with E-state index < -0.39 is 0 Å². The number of hydrogen-bond acceptors (Lipinski definition) is 2. The molecule has 0 bridgehead atoms. The molecule has 2 heteroatoms. The van der Waals surface area contributed by atoms with Gasteiger partial charge in [-0.05, 0) is 61.5 Å². The van der Waals surface area contributed by atoms with Crippen molar-refractivity contribution < 1.29 is 0 Å². The van der Waals surface area contributed by atoms with E-state index in [1.165, 1.54) is 24.0 Å². The molecule has 1 N–H and O–H groups in total. The van der Waals surface area contributed by atoms with Gasteiger partial charge in [-0.15, -0.1) is 12.6 Å². The van der Waals surface area contributed by atoms with Crippen molar-refractivity contribution in [2.45, 2.75) is 50.8 Å². The third-order valence-electron chi connectivity index (χ3n) is 3.95. The Balaban J connectivity index is 0.000000228. The van der Waals surface area contributed by atoms with Crippen LogP contribution in [0.5, 0.6) is 0 Å². The molecule has 3 rings (SSSR count). The lowest BCUT2D eigenvalue weighted by Crippen LogP contribution is -2.26. The van der Waals surface area contributed by atoms with E-state index in [0.717, 1.165) is 30.3 Å². The molecule has 0 aliphatic carbocycles. The molecule has 1 heterocycles. The van der Waals surface area contributed by atoms with Crippen molar-refractivity contribution in [3.05, 3.63) is 65.7 Å². The largest absolute Gasteiger partial charge is 0.317 e. The Kier molecular flexibility index (Phi) is 10.5. The number of benzene rings is 2. The Bertz CT molecular complexity index is 501. The van der Waals surface area contributed by atoms with Crippen molar-refractivity contribution >= 4 is 12.6 Å². The standard InChI is InChI=1S/C11H15NS.C8H10.C2H6/c13-11-3-1-9(2-4-11)10-5-7-12-8-6-10;1-2-8-6-4-3-5-7-8;1-2/h1-4,10,12-13H,5-8H2;3-7H,2H2,1H3;1-2H3. The summed E-state index contributed by atoms with van der Waals surface area (Å²) in [7, 11) is 0. The maximum absolute atomic E-state index is 4.28. The van der Waals surface area contributed by atoms with Crippen molar-refractivity contribution in [1.29, 1.82) is 0 Å². The molecule has 23 heavy (non-hydrogen) atoms. The van der Waals surface area contributed by atoms with Gasteiger partial charge in [0.05, 0.1) is 0 Å². The molecule has 1 nitrogen and oxygen atoms in total. The van der Waals surface area contributed by atoms with Crippen LogP contribution in [0.1, 0.15) is 50.7 Å². The second-order valence-corrected chi connectivity index (χ2v) is 5.97. The molecular weight excluding hydrogens is 298 g/mol. The van der Waals surface area contributed by atoms with Crippen LogP contribution in [0.25, 0.3) is 0 Å². The summed E-state index contributed by atoms with van der Waals surface area (Å²) in [5.41, 5.74) is 2.88. The van der Waals surface area contributed by atoms with Gasteiger partial charge in [-0.25, -0.2) is 0 Å². The highest BCUT2D eigenvalue weighted by Gasteiger charge is 2.14. The number of aryl methyl sites for hydroxylation is 1. The highest BCUT2D eigenvalue weighted by molar-refractivity contribution is 7.80. The molecule has 0 radical (unpaired) electrons. The summed E-state index contributed by atoms with van der Waals surface area (Å²) in [6.07, 6.45) is 3.68. The summed E-state index contributed by atoms with van der Waals surface area (Å²) in [4.78, 5) is 1.05. The zero-order valence-electron chi connectivity index (χ0n) is 14.8. The van der Waals surface area contributed by atoms with E-state index in [2.05, 4.69) is 73.4 Å². The van der Waals surface area contributed by atoms with Gasteiger partial charge in [-0.1, -0.05) is 63.2 Å². The quantitative estimate of drug-likeness (QED) is 0.672. The van der Waals surface area contributed by atoms with Crippen LogP contribution in [0, 0.1) is 0 Å². The van der Waals surface area contributed by atoms with Crippen LogP contribution in [0.3, 0.4) is 0 Å². The van der Waals surface area contributed by atoms with Crippen molar-refractivity contribution in [1.82, 2.24) is 5.32 Å². The third kappa shape index (κ3) is 7.71. The molecule has 0 unspecified atom stereocenters. The van der Waals surface area contributed by atoms with Crippen LogP contribution in [-0.4, -0.2) is 13.1 Å². The molecule has 1 aliphatic heterocycles. The fourth-order valence-electron chi connectivity index (χ4n) is 2.62. The van der Waals surface area contributed by atoms with Crippen molar-refractivity contribution in [2.24, 2.45) is 0 Å². The third-order valence-corrected chi connectivity index (χ3v) is 4.25. The molecular formula is C21H31NS. The number of rotatable bonds is 2. The Morgan fingerprint density at radius 1 is 0.913 bits per heavy atom. The maximum atomic E-state index is 4.28. The molecule has 0 amide bonds. The lowest BCUT2D eigenvalue weighted by molar-refractivity contribution is 0.460. The highest BCUT2D eigenvalue weighted by Crippen LogP contribution is 2.25. The minimum absolute atomic E-state index is 0.759. The van der Waals surface area contributed by atoms with Gasteiger partial charge in [-0.2, -0.15) is 0 Å². The minimum Gasteiger partial charge on any atom is -0.317 e. The van der Waals surface area contributed by atoms with Gasteiger partial charge < -0.3 is 5.32 Å². The molecule has 2 aromatic rings. The fourth-order valence-corrected chi connectivity index (χ4v) is 2.76. The van der Waals surface area contributed by atoms with E-state index in [1.807, 2.05) is 19.9 Å². The summed E-state index contributed by atoms with van der Waals surface area (Å²) < 4.78 is 0. The zero-order valence-corrected chi connectivity index (χ0v) is 15.7. The van der Waals surface area contributed by atoms with Crippen molar-refractivity contribution in [2.75, 3.05) is 13.1 Å². The topological polar surface area (TPSA) is 12.0 Å². The highest BCUT2D eigenvalue weighted by atomic mass is 32.1. The maximum Gasteiger partial charge on any atom is 0.00401 e. The first kappa shape index (κ1) is 19.8. The lowest BCUT2D eigenvalue weighted by Gasteiger charge is -2.22. The molecule has 0 saturated carbocycles. The second-order valence-electron chi connectivity index (χ2n) is 5.45. The van der Waals surface area contributed by atoms with Gasteiger partial charge in [0.1, 0.15) is 0 Å². The van der Waals surface area contributed by atoms with Crippen LogP contribution in [0.15, 0.2) is 59.5 Å².